The van der Waals surface area contributed by atoms with Gasteiger partial charge in [-0.3, -0.25) is 9.59 Å². The Hall–Kier alpha value is -2.05. The van der Waals surface area contributed by atoms with Crippen LogP contribution in [0.5, 0.6) is 5.75 Å². The number of ether oxygens (including phenoxy) is 1. The average Bonchev–Trinajstić information content (AvgIpc) is 2.71. The Morgan fingerprint density at radius 3 is 2.59 bits per heavy atom. The van der Waals surface area contributed by atoms with Crippen molar-refractivity contribution in [3.8, 4) is 5.75 Å². The lowest BCUT2D eigenvalue weighted by Crippen LogP contribution is -2.49. The summed E-state index contributed by atoms with van der Waals surface area (Å²) >= 11 is 9.50. The van der Waals surface area contributed by atoms with Crippen LogP contribution in [0.25, 0.3) is 0 Å². The number of unbranched alkanes of at least 4 members (excludes halogenated alkanes) is 1. The summed E-state index contributed by atoms with van der Waals surface area (Å²) in [7, 11) is 0. The second kappa shape index (κ2) is 11.8. The molecular weight excluding hydrogens is 456 g/mol. The van der Waals surface area contributed by atoms with E-state index in [1.807, 2.05) is 30.3 Å². The molecule has 1 N–H and O–H groups in total. The van der Waals surface area contributed by atoms with Crippen LogP contribution >= 0.6 is 27.5 Å². The van der Waals surface area contributed by atoms with Crippen LogP contribution in [0, 0.1) is 0 Å². The number of amides is 2. The second-order valence-corrected chi connectivity index (χ2v) is 8.01. The van der Waals surface area contributed by atoms with Crippen molar-refractivity contribution in [2.75, 3.05) is 13.2 Å². The molecule has 0 spiro atoms. The largest absolute Gasteiger partial charge is 0.482 e. The van der Waals surface area contributed by atoms with Gasteiger partial charge in [0.25, 0.3) is 5.91 Å². The summed E-state index contributed by atoms with van der Waals surface area (Å²) in [5.74, 6) is -0.0432. The minimum atomic E-state index is -0.622. The Balaban J connectivity index is 2.10. The fraction of sp³-hybridized carbons (Fsp3) is 0.364. The highest BCUT2D eigenvalue weighted by atomic mass is 79.9. The van der Waals surface area contributed by atoms with E-state index in [-0.39, 0.29) is 18.4 Å². The number of nitrogens with zero attached hydrogens (tertiary/aromatic N) is 1. The van der Waals surface area contributed by atoms with Crippen LogP contribution in [0.2, 0.25) is 5.02 Å². The van der Waals surface area contributed by atoms with Crippen molar-refractivity contribution in [3.05, 3.63) is 63.6 Å². The molecule has 0 aliphatic carbocycles. The first-order valence-electron chi connectivity index (χ1n) is 9.61. The molecule has 7 heteroatoms. The molecule has 29 heavy (non-hydrogen) atoms. The first-order valence-corrected chi connectivity index (χ1v) is 10.8. The molecule has 0 bridgehead atoms. The molecule has 2 amide bonds. The van der Waals surface area contributed by atoms with Crippen molar-refractivity contribution in [2.45, 2.75) is 39.3 Å². The Morgan fingerprint density at radius 1 is 1.21 bits per heavy atom. The summed E-state index contributed by atoms with van der Waals surface area (Å²) in [5.41, 5.74) is 0.940. The smallest absolute Gasteiger partial charge is 0.261 e. The number of carbonyl (C=O) groups is 2. The topological polar surface area (TPSA) is 58.6 Å². The van der Waals surface area contributed by atoms with E-state index in [1.165, 1.54) is 4.90 Å². The molecule has 0 aliphatic heterocycles. The molecule has 0 aromatic heterocycles. The highest BCUT2D eigenvalue weighted by Crippen LogP contribution is 2.27. The second-order valence-electron chi connectivity index (χ2n) is 6.69. The van der Waals surface area contributed by atoms with E-state index in [0.29, 0.717) is 23.9 Å². The van der Waals surface area contributed by atoms with E-state index >= 15 is 0 Å². The van der Waals surface area contributed by atoms with Gasteiger partial charge in [0, 0.05) is 17.6 Å². The fourth-order valence-electron chi connectivity index (χ4n) is 2.71. The van der Waals surface area contributed by atoms with Gasteiger partial charge in [0.1, 0.15) is 11.8 Å². The number of hydrogen-bond donors (Lipinski definition) is 1. The Labute approximate surface area is 185 Å². The summed E-state index contributed by atoms with van der Waals surface area (Å²) < 4.78 is 6.45. The van der Waals surface area contributed by atoms with Crippen LogP contribution in [0.1, 0.15) is 32.3 Å². The molecule has 0 heterocycles. The van der Waals surface area contributed by atoms with Gasteiger partial charge in [0.15, 0.2) is 6.61 Å². The molecule has 0 aliphatic rings. The number of carbonyl (C=O) groups excluding carboxylic acids is 2. The van der Waals surface area contributed by atoms with Gasteiger partial charge in [0.2, 0.25) is 5.91 Å². The lowest BCUT2D eigenvalue weighted by atomic mass is 10.1. The highest BCUT2D eigenvalue weighted by Gasteiger charge is 2.26. The highest BCUT2D eigenvalue weighted by molar-refractivity contribution is 9.10. The van der Waals surface area contributed by atoms with Gasteiger partial charge in [-0.05, 0) is 37.1 Å². The number of nitrogens with one attached hydrogen (secondary N) is 1. The minimum absolute atomic E-state index is 0.176. The molecule has 5 nitrogen and oxygen atoms in total. The van der Waals surface area contributed by atoms with Gasteiger partial charge in [-0.15, -0.1) is 0 Å². The lowest BCUT2D eigenvalue weighted by Gasteiger charge is -2.28. The van der Waals surface area contributed by atoms with E-state index in [0.717, 1.165) is 22.9 Å². The maximum Gasteiger partial charge on any atom is 0.261 e. The molecule has 0 radical (unpaired) electrons. The summed E-state index contributed by atoms with van der Waals surface area (Å²) in [6.45, 7) is 4.50. The standard InChI is InChI=1S/C22H26BrClN2O3/c1-3-4-12-25-22(28)16(2)26(14-17-8-6-5-7-9-17)21(27)15-29-20-11-10-18(23)13-19(20)24/h5-11,13,16H,3-4,12,14-15H2,1-2H3,(H,25,28). The molecular formula is C22H26BrClN2O3. The summed E-state index contributed by atoms with van der Waals surface area (Å²) in [6.07, 6.45) is 1.89. The lowest BCUT2D eigenvalue weighted by molar-refractivity contribution is -0.142. The molecule has 0 fully saturated rings. The maximum absolute atomic E-state index is 12.9. The van der Waals surface area contributed by atoms with Crippen LogP contribution in [-0.4, -0.2) is 35.9 Å². The quantitative estimate of drug-likeness (QED) is 0.495. The van der Waals surface area contributed by atoms with E-state index in [1.54, 1.807) is 25.1 Å². The minimum Gasteiger partial charge on any atom is -0.482 e. The van der Waals surface area contributed by atoms with Gasteiger partial charge < -0.3 is 15.0 Å². The predicted octanol–water partition coefficient (Wildman–Crippen LogP) is 4.81. The normalized spacial score (nSPS) is 11.6. The van der Waals surface area contributed by atoms with E-state index in [4.69, 9.17) is 16.3 Å². The molecule has 0 saturated carbocycles. The Bertz CT molecular complexity index is 817. The van der Waals surface area contributed by atoms with Crippen LogP contribution in [0.15, 0.2) is 53.0 Å². The number of benzene rings is 2. The van der Waals surface area contributed by atoms with Crippen molar-refractivity contribution >= 4 is 39.3 Å². The molecule has 156 valence electrons. The number of hydrogen-bond acceptors (Lipinski definition) is 3. The van der Waals surface area contributed by atoms with Gasteiger partial charge >= 0.3 is 0 Å². The van der Waals surface area contributed by atoms with Crippen LogP contribution in [0.3, 0.4) is 0 Å². The third-order valence-electron chi connectivity index (χ3n) is 4.44. The molecule has 2 aromatic rings. The molecule has 2 aromatic carbocycles. The third-order valence-corrected chi connectivity index (χ3v) is 5.23. The fourth-order valence-corrected chi connectivity index (χ4v) is 3.44. The molecule has 1 atom stereocenters. The van der Waals surface area contributed by atoms with Gasteiger partial charge in [-0.25, -0.2) is 0 Å². The van der Waals surface area contributed by atoms with Gasteiger partial charge in [0.05, 0.1) is 5.02 Å². The first kappa shape index (κ1) is 23.2. The van der Waals surface area contributed by atoms with E-state index in [9.17, 15) is 9.59 Å². The molecule has 1 unspecified atom stereocenters. The van der Waals surface area contributed by atoms with E-state index in [2.05, 4.69) is 28.2 Å². The average molecular weight is 482 g/mol. The zero-order valence-electron chi connectivity index (χ0n) is 16.7. The zero-order chi connectivity index (χ0) is 21.2. The van der Waals surface area contributed by atoms with Crippen molar-refractivity contribution in [2.24, 2.45) is 0 Å². The third kappa shape index (κ3) is 7.37. The number of rotatable bonds is 10. The summed E-state index contributed by atoms with van der Waals surface area (Å²) in [4.78, 5) is 27.0. The Morgan fingerprint density at radius 2 is 1.93 bits per heavy atom. The molecule has 0 saturated heterocycles. The Kier molecular flexibility index (Phi) is 9.48. The number of halogens is 2. The van der Waals surface area contributed by atoms with Crippen LogP contribution in [-0.2, 0) is 16.1 Å². The van der Waals surface area contributed by atoms with Crippen LogP contribution < -0.4 is 10.1 Å². The maximum atomic E-state index is 12.9. The van der Waals surface area contributed by atoms with Crippen LogP contribution in [0.4, 0.5) is 0 Å². The van der Waals surface area contributed by atoms with Gasteiger partial charge in [-0.2, -0.15) is 0 Å². The zero-order valence-corrected chi connectivity index (χ0v) is 19.0. The SMILES string of the molecule is CCCCNC(=O)C(C)N(Cc1ccccc1)C(=O)COc1ccc(Br)cc1Cl. The first-order chi connectivity index (χ1) is 13.9. The molecule has 2 rings (SSSR count). The summed E-state index contributed by atoms with van der Waals surface area (Å²) in [6, 6.07) is 14.1. The van der Waals surface area contributed by atoms with Gasteiger partial charge in [-0.1, -0.05) is 71.2 Å². The van der Waals surface area contributed by atoms with E-state index < -0.39 is 6.04 Å². The van der Waals surface area contributed by atoms with Crippen molar-refractivity contribution in [1.82, 2.24) is 10.2 Å². The van der Waals surface area contributed by atoms with Crippen molar-refractivity contribution < 1.29 is 14.3 Å². The predicted molar refractivity (Wildman–Crippen MR) is 119 cm³/mol. The van der Waals surface area contributed by atoms with Crippen molar-refractivity contribution in [3.63, 3.8) is 0 Å². The summed E-state index contributed by atoms with van der Waals surface area (Å²) in [5, 5.41) is 3.30. The monoisotopic (exact) mass is 480 g/mol. The van der Waals surface area contributed by atoms with Crippen molar-refractivity contribution in [1.29, 1.82) is 0 Å².